The summed E-state index contributed by atoms with van der Waals surface area (Å²) in [4.78, 5) is 33.7. The molecule has 158 valence electrons. The van der Waals surface area contributed by atoms with Gasteiger partial charge in [0.15, 0.2) is 0 Å². The maximum absolute atomic E-state index is 13.0. The van der Waals surface area contributed by atoms with Gasteiger partial charge in [0.1, 0.15) is 5.75 Å². The van der Waals surface area contributed by atoms with E-state index in [9.17, 15) is 9.59 Å². The van der Waals surface area contributed by atoms with Crippen molar-refractivity contribution < 1.29 is 14.3 Å². The molecule has 6 nitrogen and oxygen atoms in total. The van der Waals surface area contributed by atoms with E-state index in [1.807, 2.05) is 76.5 Å². The SMILES string of the molecule is COc1ccc(CC(=O)N2CCN(C(=O)c3cccc(-c4ccccn4)c3)CC2)cc1. The van der Waals surface area contributed by atoms with Crippen LogP contribution >= 0.6 is 0 Å². The molecule has 1 aliphatic rings. The zero-order valence-electron chi connectivity index (χ0n) is 17.5. The monoisotopic (exact) mass is 415 g/mol. The van der Waals surface area contributed by atoms with Gasteiger partial charge in [-0.05, 0) is 42.0 Å². The van der Waals surface area contributed by atoms with Crippen molar-refractivity contribution in [3.63, 3.8) is 0 Å². The van der Waals surface area contributed by atoms with Crippen LogP contribution in [0.3, 0.4) is 0 Å². The molecule has 0 spiro atoms. The van der Waals surface area contributed by atoms with E-state index in [1.54, 1.807) is 13.3 Å². The molecule has 0 saturated carbocycles. The van der Waals surface area contributed by atoms with Crippen molar-refractivity contribution >= 4 is 11.8 Å². The number of methoxy groups -OCH3 is 1. The second kappa shape index (κ2) is 9.43. The second-order valence-corrected chi connectivity index (χ2v) is 7.49. The molecule has 1 aliphatic heterocycles. The number of nitrogens with zero attached hydrogens (tertiary/aromatic N) is 3. The number of hydrogen-bond acceptors (Lipinski definition) is 4. The van der Waals surface area contributed by atoms with Gasteiger partial charge in [-0.2, -0.15) is 0 Å². The highest BCUT2D eigenvalue weighted by Gasteiger charge is 2.25. The first-order chi connectivity index (χ1) is 15.1. The number of amides is 2. The zero-order chi connectivity index (χ0) is 21.6. The summed E-state index contributed by atoms with van der Waals surface area (Å²) in [5.41, 5.74) is 3.35. The lowest BCUT2D eigenvalue weighted by Gasteiger charge is -2.35. The summed E-state index contributed by atoms with van der Waals surface area (Å²) >= 11 is 0. The Kier molecular flexibility index (Phi) is 6.26. The van der Waals surface area contributed by atoms with Crippen LogP contribution in [-0.4, -0.2) is 59.9 Å². The maximum Gasteiger partial charge on any atom is 0.253 e. The lowest BCUT2D eigenvalue weighted by atomic mass is 10.1. The van der Waals surface area contributed by atoms with Gasteiger partial charge in [0.2, 0.25) is 5.91 Å². The van der Waals surface area contributed by atoms with Crippen molar-refractivity contribution in [1.82, 2.24) is 14.8 Å². The molecular formula is C25H25N3O3. The second-order valence-electron chi connectivity index (χ2n) is 7.49. The van der Waals surface area contributed by atoms with E-state index in [-0.39, 0.29) is 11.8 Å². The Hall–Kier alpha value is -3.67. The van der Waals surface area contributed by atoms with Gasteiger partial charge >= 0.3 is 0 Å². The summed E-state index contributed by atoms with van der Waals surface area (Å²) in [5, 5.41) is 0. The van der Waals surface area contributed by atoms with Crippen molar-refractivity contribution in [2.75, 3.05) is 33.3 Å². The number of carbonyl (C=O) groups excluding carboxylic acids is 2. The highest BCUT2D eigenvalue weighted by Crippen LogP contribution is 2.19. The molecule has 2 amide bonds. The molecule has 0 radical (unpaired) electrons. The third-order valence-corrected chi connectivity index (χ3v) is 5.50. The Balaban J connectivity index is 1.35. The minimum Gasteiger partial charge on any atom is -0.497 e. The highest BCUT2D eigenvalue weighted by atomic mass is 16.5. The van der Waals surface area contributed by atoms with E-state index in [2.05, 4.69) is 4.98 Å². The molecule has 0 atom stereocenters. The Morgan fingerprint density at radius 3 is 2.32 bits per heavy atom. The van der Waals surface area contributed by atoms with Crippen LogP contribution in [0, 0.1) is 0 Å². The molecule has 6 heteroatoms. The van der Waals surface area contributed by atoms with Crippen LogP contribution in [0.25, 0.3) is 11.3 Å². The Bertz CT molecular complexity index is 1040. The summed E-state index contributed by atoms with van der Waals surface area (Å²) < 4.78 is 5.16. The zero-order valence-corrected chi connectivity index (χ0v) is 17.5. The van der Waals surface area contributed by atoms with Crippen LogP contribution in [0.4, 0.5) is 0 Å². The van der Waals surface area contributed by atoms with Crippen LogP contribution in [-0.2, 0) is 11.2 Å². The van der Waals surface area contributed by atoms with Crippen molar-refractivity contribution in [1.29, 1.82) is 0 Å². The average molecular weight is 415 g/mol. The average Bonchev–Trinajstić information content (AvgIpc) is 2.85. The number of ether oxygens (including phenoxy) is 1. The smallest absolute Gasteiger partial charge is 0.253 e. The number of piperazine rings is 1. The van der Waals surface area contributed by atoms with Crippen molar-refractivity contribution in [2.24, 2.45) is 0 Å². The van der Waals surface area contributed by atoms with Gasteiger partial charge in [0.05, 0.1) is 19.2 Å². The molecule has 1 saturated heterocycles. The lowest BCUT2D eigenvalue weighted by Crippen LogP contribution is -2.51. The minimum atomic E-state index is -0.0139. The first-order valence-corrected chi connectivity index (χ1v) is 10.4. The molecular weight excluding hydrogens is 390 g/mol. The van der Waals surface area contributed by atoms with E-state index in [1.165, 1.54) is 0 Å². The predicted octanol–water partition coefficient (Wildman–Crippen LogP) is 3.28. The normalized spacial score (nSPS) is 13.7. The molecule has 0 aliphatic carbocycles. The Morgan fingerprint density at radius 1 is 0.903 bits per heavy atom. The van der Waals surface area contributed by atoms with Crippen LogP contribution in [0.15, 0.2) is 72.9 Å². The van der Waals surface area contributed by atoms with Gasteiger partial charge in [-0.25, -0.2) is 0 Å². The molecule has 1 fully saturated rings. The largest absolute Gasteiger partial charge is 0.497 e. The van der Waals surface area contributed by atoms with Crippen LogP contribution in [0.1, 0.15) is 15.9 Å². The van der Waals surface area contributed by atoms with Crippen LogP contribution in [0.2, 0.25) is 0 Å². The lowest BCUT2D eigenvalue weighted by molar-refractivity contribution is -0.131. The Morgan fingerprint density at radius 2 is 1.65 bits per heavy atom. The molecule has 1 aromatic heterocycles. The summed E-state index contributed by atoms with van der Waals surface area (Å²) in [5.74, 6) is 0.838. The standard InChI is InChI=1S/C25H25N3O3/c1-31-22-10-8-19(9-11-22)17-24(29)27-13-15-28(16-14-27)25(30)21-6-4-5-20(18-21)23-7-2-3-12-26-23/h2-12,18H,13-17H2,1H3. The third kappa shape index (κ3) is 4.91. The molecule has 0 unspecified atom stereocenters. The van der Waals surface area contributed by atoms with E-state index in [4.69, 9.17) is 4.74 Å². The van der Waals surface area contributed by atoms with Gasteiger partial charge in [0, 0.05) is 43.5 Å². The molecule has 0 bridgehead atoms. The predicted molar refractivity (Wildman–Crippen MR) is 119 cm³/mol. The number of benzene rings is 2. The fourth-order valence-electron chi connectivity index (χ4n) is 3.72. The number of carbonyl (C=O) groups is 2. The third-order valence-electron chi connectivity index (χ3n) is 5.50. The van der Waals surface area contributed by atoms with Crippen molar-refractivity contribution in [3.8, 4) is 17.0 Å². The molecule has 4 rings (SSSR count). The minimum absolute atomic E-state index is 0.0139. The quantitative estimate of drug-likeness (QED) is 0.642. The van der Waals surface area contributed by atoms with E-state index < -0.39 is 0 Å². The number of rotatable bonds is 5. The Labute approximate surface area is 182 Å². The summed E-state index contributed by atoms with van der Waals surface area (Å²) in [7, 11) is 1.62. The van der Waals surface area contributed by atoms with Crippen molar-refractivity contribution in [2.45, 2.75) is 6.42 Å². The van der Waals surface area contributed by atoms with Gasteiger partial charge in [-0.3, -0.25) is 14.6 Å². The van der Waals surface area contributed by atoms with E-state index in [0.717, 1.165) is 22.6 Å². The molecule has 3 aromatic rings. The molecule has 2 heterocycles. The fraction of sp³-hybridized carbons (Fsp3) is 0.240. The highest BCUT2D eigenvalue weighted by molar-refractivity contribution is 5.95. The first kappa shape index (κ1) is 20.6. The maximum atomic E-state index is 13.0. The van der Waals surface area contributed by atoms with Crippen LogP contribution in [0.5, 0.6) is 5.75 Å². The molecule has 0 N–H and O–H groups in total. The number of hydrogen-bond donors (Lipinski definition) is 0. The van der Waals surface area contributed by atoms with Gasteiger partial charge in [-0.1, -0.05) is 30.3 Å². The van der Waals surface area contributed by atoms with Crippen molar-refractivity contribution in [3.05, 3.63) is 84.1 Å². The van der Waals surface area contributed by atoms with Gasteiger partial charge in [-0.15, -0.1) is 0 Å². The topological polar surface area (TPSA) is 62.7 Å². The number of aromatic nitrogens is 1. The van der Waals surface area contributed by atoms with E-state index in [0.29, 0.717) is 38.2 Å². The fourth-order valence-corrected chi connectivity index (χ4v) is 3.72. The van der Waals surface area contributed by atoms with Crippen LogP contribution < -0.4 is 4.74 Å². The molecule has 31 heavy (non-hydrogen) atoms. The van der Waals surface area contributed by atoms with E-state index >= 15 is 0 Å². The summed E-state index contributed by atoms with van der Waals surface area (Å²) in [6.07, 6.45) is 2.09. The first-order valence-electron chi connectivity index (χ1n) is 10.4. The summed E-state index contributed by atoms with van der Waals surface area (Å²) in [6.45, 7) is 2.14. The molecule has 2 aromatic carbocycles. The van der Waals surface area contributed by atoms with Gasteiger partial charge < -0.3 is 14.5 Å². The summed E-state index contributed by atoms with van der Waals surface area (Å²) in [6, 6.07) is 20.8. The van der Waals surface area contributed by atoms with Gasteiger partial charge in [0.25, 0.3) is 5.91 Å². The number of pyridine rings is 1.